The minimum Gasteiger partial charge on any atom is -0.450 e. The molecule has 1 aliphatic rings. The van der Waals surface area contributed by atoms with E-state index in [9.17, 15) is 9.59 Å². The number of halogens is 2. The number of amides is 1. The van der Waals surface area contributed by atoms with Crippen LogP contribution in [0.25, 0.3) is 11.0 Å². The third-order valence-electron chi connectivity index (χ3n) is 5.16. The lowest BCUT2D eigenvalue weighted by Gasteiger charge is -2.24. The van der Waals surface area contributed by atoms with E-state index in [1.807, 2.05) is 19.1 Å². The number of pyridine rings is 1. The normalized spacial score (nSPS) is 15.6. The third kappa shape index (κ3) is 2.82. The summed E-state index contributed by atoms with van der Waals surface area (Å²) in [6.07, 6.45) is 0. The van der Waals surface area contributed by atoms with Gasteiger partial charge in [-0.25, -0.2) is 4.98 Å². The van der Waals surface area contributed by atoms with Crippen LogP contribution in [0.5, 0.6) is 0 Å². The van der Waals surface area contributed by atoms with Gasteiger partial charge in [0.2, 0.25) is 5.76 Å². The number of hydrogen-bond acceptors (Lipinski definition) is 4. The molecule has 5 rings (SSSR count). The van der Waals surface area contributed by atoms with Crippen LogP contribution in [-0.4, -0.2) is 10.9 Å². The summed E-state index contributed by atoms with van der Waals surface area (Å²) in [5.41, 5.74) is 1.75. The van der Waals surface area contributed by atoms with Gasteiger partial charge >= 0.3 is 0 Å². The largest absolute Gasteiger partial charge is 0.450 e. The van der Waals surface area contributed by atoms with Crippen molar-refractivity contribution in [2.45, 2.75) is 13.0 Å². The predicted molar refractivity (Wildman–Crippen MR) is 117 cm³/mol. The molecule has 148 valence electrons. The summed E-state index contributed by atoms with van der Waals surface area (Å²) in [4.78, 5) is 32.8. The zero-order valence-electron chi connectivity index (χ0n) is 15.7. The average molecular weight is 437 g/mol. The van der Waals surface area contributed by atoms with E-state index in [4.69, 9.17) is 27.6 Å². The topological polar surface area (TPSA) is 63.4 Å². The van der Waals surface area contributed by atoms with Crippen LogP contribution >= 0.6 is 23.2 Å². The average Bonchev–Trinajstić information content (AvgIpc) is 3.03. The van der Waals surface area contributed by atoms with Gasteiger partial charge in [-0.3, -0.25) is 14.5 Å². The lowest BCUT2D eigenvalue weighted by atomic mass is 9.98. The first kappa shape index (κ1) is 18.9. The van der Waals surface area contributed by atoms with Crippen LogP contribution in [0.3, 0.4) is 0 Å². The molecule has 0 saturated heterocycles. The van der Waals surface area contributed by atoms with Crippen LogP contribution in [0.15, 0.2) is 69.9 Å². The molecular weight excluding hydrogens is 423 g/mol. The van der Waals surface area contributed by atoms with Gasteiger partial charge in [0.05, 0.1) is 27.0 Å². The highest BCUT2D eigenvalue weighted by molar-refractivity contribution is 6.42. The molecule has 2 aromatic carbocycles. The number of aryl methyl sites for hydroxylation is 1. The highest BCUT2D eigenvalue weighted by Gasteiger charge is 2.44. The van der Waals surface area contributed by atoms with Crippen molar-refractivity contribution < 1.29 is 9.21 Å². The molecule has 30 heavy (non-hydrogen) atoms. The van der Waals surface area contributed by atoms with E-state index < -0.39 is 11.9 Å². The van der Waals surface area contributed by atoms with Gasteiger partial charge in [-0.2, -0.15) is 0 Å². The molecule has 1 amide bonds. The van der Waals surface area contributed by atoms with Gasteiger partial charge < -0.3 is 4.42 Å². The fraction of sp³-hybridized carbons (Fsp3) is 0.0870. The first-order valence-electron chi connectivity index (χ1n) is 9.23. The molecule has 7 heteroatoms. The van der Waals surface area contributed by atoms with Crippen molar-refractivity contribution in [2.24, 2.45) is 0 Å². The lowest BCUT2D eigenvalue weighted by molar-refractivity contribution is 0.0970. The third-order valence-corrected chi connectivity index (χ3v) is 5.90. The molecule has 0 aliphatic carbocycles. The molecule has 1 aliphatic heterocycles. The van der Waals surface area contributed by atoms with Crippen molar-refractivity contribution in [1.29, 1.82) is 0 Å². The van der Waals surface area contributed by atoms with E-state index in [0.29, 0.717) is 32.4 Å². The summed E-state index contributed by atoms with van der Waals surface area (Å²) in [5, 5.41) is 1.13. The summed E-state index contributed by atoms with van der Waals surface area (Å²) < 4.78 is 5.91. The number of fused-ring (bicyclic) bond motifs is 2. The molecule has 0 saturated carbocycles. The first-order valence-corrected chi connectivity index (χ1v) is 9.99. The smallest absolute Gasteiger partial charge is 0.296 e. The number of hydrogen-bond donors (Lipinski definition) is 0. The van der Waals surface area contributed by atoms with Crippen LogP contribution in [-0.2, 0) is 0 Å². The second-order valence-corrected chi connectivity index (χ2v) is 7.87. The minimum absolute atomic E-state index is 0.0121. The number of carbonyl (C=O) groups excluding carboxylic acids is 1. The summed E-state index contributed by atoms with van der Waals surface area (Å²) in [7, 11) is 0. The molecule has 3 heterocycles. The second-order valence-electron chi connectivity index (χ2n) is 7.06. The Bertz CT molecular complexity index is 1400. The van der Waals surface area contributed by atoms with Crippen molar-refractivity contribution in [3.8, 4) is 0 Å². The highest BCUT2D eigenvalue weighted by Crippen LogP contribution is 2.41. The monoisotopic (exact) mass is 436 g/mol. The number of rotatable bonds is 2. The fourth-order valence-corrected chi connectivity index (χ4v) is 4.12. The van der Waals surface area contributed by atoms with Crippen molar-refractivity contribution in [2.75, 3.05) is 4.90 Å². The van der Waals surface area contributed by atoms with E-state index in [0.717, 1.165) is 5.69 Å². The van der Waals surface area contributed by atoms with E-state index >= 15 is 0 Å². The number of carbonyl (C=O) groups is 1. The number of para-hydroxylation sites is 1. The van der Waals surface area contributed by atoms with E-state index in [1.165, 1.54) is 4.90 Å². The summed E-state index contributed by atoms with van der Waals surface area (Å²) in [6.45, 7) is 1.84. The Labute approximate surface area is 181 Å². The Morgan fingerprint density at radius 1 is 0.967 bits per heavy atom. The van der Waals surface area contributed by atoms with E-state index in [1.54, 1.807) is 48.5 Å². The number of aromatic nitrogens is 1. The summed E-state index contributed by atoms with van der Waals surface area (Å²) in [5.74, 6) is 0.00559. The molecule has 2 aromatic heterocycles. The van der Waals surface area contributed by atoms with Gasteiger partial charge in [0.25, 0.3) is 5.91 Å². The number of anilines is 1. The molecule has 4 aromatic rings. The molecule has 5 nitrogen and oxygen atoms in total. The Balaban J connectivity index is 1.83. The van der Waals surface area contributed by atoms with Crippen LogP contribution in [0.2, 0.25) is 10.0 Å². The standard InChI is InChI=1S/C23H14Cl2N2O3/c1-12-5-4-8-18(26-12)27-20(13-9-10-15(24)16(25)11-13)19-21(28)14-6-2-3-7-17(14)30-22(19)23(27)29/h2-11,20H,1H3. The molecule has 1 unspecified atom stereocenters. The zero-order chi connectivity index (χ0) is 21.0. The molecule has 1 atom stereocenters. The van der Waals surface area contributed by atoms with Crippen LogP contribution in [0.4, 0.5) is 5.82 Å². The van der Waals surface area contributed by atoms with Crippen molar-refractivity contribution in [1.82, 2.24) is 4.98 Å². The Kier molecular flexibility index (Phi) is 4.38. The molecule has 0 fully saturated rings. The molecular formula is C23H14Cl2N2O3. The molecule has 0 radical (unpaired) electrons. The SMILES string of the molecule is Cc1cccc(N2C(=O)c3oc4ccccc4c(=O)c3C2c2ccc(Cl)c(Cl)c2)n1. The lowest BCUT2D eigenvalue weighted by Crippen LogP contribution is -2.30. The van der Waals surface area contributed by atoms with Gasteiger partial charge in [0.15, 0.2) is 5.43 Å². The Morgan fingerprint density at radius 3 is 2.53 bits per heavy atom. The molecule has 0 N–H and O–H groups in total. The van der Waals surface area contributed by atoms with Gasteiger partial charge in [0.1, 0.15) is 11.4 Å². The summed E-state index contributed by atoms with van der Waals surface area (Å²) in [6, 6.07) is 16.6. The van der Waals surface area contributed by atoms with E-state index in [2.05, 4.69) is 4.98 Å². The maximum atomic E-state index is 13.4. The van der Waals surface area contributed by atoms with Crippen molar-refractivity contribution in [3.63, 3.8) is 0 Å². The molecule has 0 spiro atoms. The zero-order valence-corrected chi connectivity index (χ0v) is 17.2. The second kappa shape index (κ2) is 6.97. The highest BCUT2D eigenvalue weighted by atomic mass is 35.5. The fourth-order valence-electron chi connectivity index (χ4n) is 3.82. The maximum Gasteiger partial charge on any atom is 0.296 e. The van der Waals surface area contributed by atoms with Gasteiger partial charge in [0, 0.05) is 5.69 Å². The predicted octanol–water partition coefficient (Wildman–Crippen LogP) is 5.55. The Morgan fingerprint density at radius 2 is 1.77 bits per heavy atom. The molecule has 0 bridgehead atoms. The minimum atomic E-state index is -0.738. The Hall–Kier alpha value is -3.15. The van der Waals surface area contributed by atoms with Crippen molar-refractivity contribution >= 4 is 45.9 Å². The first-order chi connectivity index (χ1) is 14.5. The maximum absolute atomic E-state index is 13.4. The van der Waals surface area contributed by atoms with E-state index in [-0.39, 0.29) is 16.8 Å². The van der Waals surface area contributed by atoms with Gasteiger partial charge in [-0.15, -0.1) is 0 Å². The van der Waals surface area contributed by atoms with Gasteiger partial charge in [-0.1, -0.05) is 47.5 Å². The quantitative estimate of drug-likeness (QED) is 0.412. The van der Waals surface area contributed by atoms with Crippen LogP contribution in [0, 0.1) is 6.92 Å². The number of nitrogens with zero attached hydrogens (tertiary/aromatic N) is 2. The van der Waals surface area contributed by atoms with Crippen LogP contribution in [0.1, 0.15) is 33.4 Å². The van der Waals surface area contributed by atoms with Crippen molar-refractivity contribution in [3.05, 3.63) is 104 Å². The summed E-state index contributed by atoms with van der Waals surface area (Å²) >= 11 is 12.4. The van der Waals surface area contributed by atoms with Gasteiger partial charge in [-0.05, 0) is 48.9 Å². The number of benzene rings is 2. The van der Waals surface area contributed by atoms with Crippen LogP contribution < -0.4 is 10.3 Å².